The van der Waals surface area contributed by atoms with Gasteiger partial charge in [0, 0.05) is 17.2 Å². The lowest BCUT2D eigenvalue weighted by molar-refractivity contribution is 0.414. The van der Waals surface area contributed by atoms with E-state index in [9.17, 15) is 4.79 Å². The van der Waals surface area contributed by atoms with E-state index in [0.717, 1.165) is 21.9 Å². The molecule has 3 aromatic heterocycles. The molecular weight excluding hydrogens is 404 g/mol. The van der Waals surface area contributed by atoms with Gasteiger partial charge in [-0.3, -0.25) is 14.0 Å². The SMILES string of the molecule is CCn1nc(C)c2nc(SCc3cccc(OC)c3)n(Cc3cccs3)c(=O)c21. The van der Waals surface area contributed by atoms with Gasteiger partial charge in [0.25, 0.3) is 5.56 Å². The molecule has 0 saturated heterocycles. The highest BCUT2D eigenvalue weighted by atomic mass is 32.2. The van der Waals surface area contributed by atoms with Crippen molar-refractivity contribution in [1.82, 2.24) is 19.3 Å². The van der Waals surface area contributed by atoms with Crippen LogP contribution in [0.3, 0.4) is 0 Å². The van der Waals surface area contributed by atoms with Gasteiger partial charge in [-0.2, -0.15) is 5.10 Å². The number of thiophene rings is 1. The van der Waals surface area contributed by atoms with E-state index in [1.807, 2.05) is 49.6 Å². The summed E-state index contributed by atoms with van der Waals surface area (Å²) in [7, 11) is 1.66. The Kier molecular flexibility index (Phi) is 5.73. The van der Waals surface area contributed by atoms with Crippen LogP contribution in [-0.4, -0.2) is 26.4 Å². The van der Waals surface area contributed by atoms with Gasteiger partial charge >= 0.3 is 0 Å². The summed E-state index contributed by atoms with van der Waals surface area (Å²) in [6.07, 6.45) is 0. The van der Waals surface area contributed by atoms with Crippen LogP contribution in [0.25, 0.3) is 11.0 Å². The molecule has 0 atom stereocenters. The number of benzene rings is 1. The van der Waals surface area contributed by atoms with E-state index < -0.39 is 0 Å². The van der Waals surface area contributed by atoms with Crippen molar-refractivity contribution in [2.45, 2.75) is 37.8 Å². The minimum atomic E-state index is -0.0426. The molecule has 0 saturated carbocycles. The van der Waals surface area contributed by atoms with Crippen LogP contribution in [0.4, 0.5) is 0 Å². The average Bonchev–Trinajstić information content (AvgIpc) is 3.36. The van der Waals surface area contributed by atoms with Crippen molar-refractivity contribution in [3.8, 4) is 5.75 Å². The molecule has 6 nitrogen and oxygen atoms in total. The van der Waals surface area contributed by atoms with Gasteiger partial charge in [-0.15, -0.1) is 11.3 Å². The number of thioether (sulfide) groups is 1. The second-order valence-corrected chi connectivity index (χ2v) is 8.58. The topological polar surface area (TPSA) is 61.9 Å². The number of methoxy groups -OCH3 is 1. The largest absolute Gasteiger partial charge is 0.497 e. The van der Waals surface area contributed by atoms with E-state index in [1.165, 1.54) is 0 Å². The predicted octanol–water partition coefficient (Wildman–Crippen LogP) is 4.33. The first-order valence-electron chi connectivity index (χ1n) is 9.36. The third-order valence-corrected chi connectivity index (χ3v) is 6.59. The molecule has 150 valence electrons. The molecule has 0 aliphatic rings. The van der Waals surface area contributed by atoms with E-state index in [2.05, 4.69) is 11.2 Å². The van der Waals surface area contributed by atoms with E-state index in [-0.39, 0.29) is 5.56 Å². The third-order valence-electron chi connectivity index (χ3n) is 4.68. The molecule has 3 heterocycles. The number of rotatable bonds is 7. The average molecular weight is 427 g/mol. The molecule has 0 amide bonds. The fourth-order valence-corrected chi connectivity index (χ4v) is 4.86. The first-order chi connectivity index (χ1) is 14.1. The Morgan fingerprint density at radius 3 is 2.83 bits per heavy atom. The zero-order chi connectivity index (χ0) is 20.4. The first kappa shape index (κ1) is 19.7. The molecule has 1 aromatic carbocycles. The summed E-state index contributed by atoms with van der Waals surface area (Å²) < 4.78 is 8.84. The molecule has 0 unspecified atom stereocenters. The molecule has 0 bridgehead atoms. The summed E-state index contributed by atoms with van der Waals surface area (Å²) in [6.45, 7) is 5.03. The maximum atomic E-state index is 13.4. The minimum absolute atomic E-state index is 0.0426. The molecule has 29 heavy (non-hydrogen) atoms. The van der Waals surface area contributed by atoms with Gasteiger partial charge in [0.1, 0.15) is 11.3 Å². The first-order valence-corrected chi connectivity index (χ1v) is 11.2. The maximum absolute atomic E-state index is 13.4. The van der Waals surface area contributed by atoms with E-state index in [4.69, 9.17) is 9.72 Å². The monoisotopic (exact) mass is 426 g/mol. The Bertz CT molecular complexity index is 1200. The molecule has 0 radical (unpaired) electrons. The summed E-state index contributed by atoms with van der Waals surface area (Å²) in [4.78, 5) is 19.4. The molecule has 8 heteroatoms. The molecule has 0 N–H and O–H groups in total. The molecule has 0 aliphatic carbocycles. The van der Waals surface area contributed by atoms with Crippen LogP contribution in [-0.2, 0) is 18.8 Å². The van der Waals surface area contributed by atoms with Crippen LogP contribution in [0.5, 0.6) is 5.75 Å². The number of aromatic nitrogens is 4. The predicted molar refractivity (Wildman–Crippen MR) is 118 cm³/mol. The van der Waals surface area contributed by atoms with Crippen molar-refractivity contribution in [3.63, 3.8) is 0 Å². The normalized spacial score (nSPS) is 11.3. The van der Waals surface area contributed by atoms with Crippen LogP contribution in [0.1, 0.15) is 23.1 Å². The highest BCUT2D eigenvalue weighted by molar-refractivity contribution is 7.98. The molecule has 0 fully saturated rings. The second-order valence-electron chi connectivity index (χ2n) is 6.60. The lowest BCUT2D eigenvalue weighted by atomic mass is 10.2. The van der Waals surface area contributed by atoms with Crippen LogP contribution in [0.15, 0.2) is 51.7 Å². The Labute approximate surface area is 177 Å². The molecule has 4 rings (SSSR count). The number of aryl methyl sites for hydroxylation is 2. The van der Waals surface area contributed by atoms with Crippen LogP contribution < -0.4 is 10.3 Å². The van der Waals surface area contributed by atoms with Gasteiger partial charge in [0.2, 0.25) is 0 Å². The fraction of sp³-hybridized carbons (Fsp3) is 0.286. The highest BCUT2D eigenvalue weighted by Gasteiger charge is 2.18. The Balaban J connectivity index is 1.78. The fourth-order valence-electron chi connectivity index (χ4n) is 3.24. The van der Waals surface area contributed by atoms with Gasteiger partial charge in [0.05, 0.1) is 19.3 Å². The van der Waals surface area contributed by atoms with Gasteiger partial charge in [-0.25, -0.2) is 4.98 Å². The Morgan fingerprint density at radius 1 is 1.24 bits per heavy atom. The van der Waals surface area contributed by atoms with Crippen molar-refractivity contribution < 1.29 is 4.74 Å². The number of fused-ring (bicyclic) bond motifs is 1. The number of ether oxygens (including phenoxy) is 1. The molecule has 0 spiro atoms. The van der Waals surface area contributed by atoms with Crippen molar-refractivity contribution in [2.24, 2.45) is 0 Å². The zero-order valence-electron chi connectivity index (χ0n) is 16.6. The van der Waals surface area contributed by atoms with Crippen LogP contribution >= 0.6 is 23.1 Å². The summed E-state index contributed by atoms with van der Waals surface area (Å²) >= 11 is 3.20. The second kappa shape index (κ2) is 8.42. The van der Waals surface area contributed by atoms with Crippen LogP contribution in [0.2, 0.25) is 0 Å². The molecular formula is C21H22N4O2S2. The number of hydrogen-bond acceptors (Lipinski definition) is 6. The third kappa shape index (κ3) is 3.95. The van der Waals surface area contributed by atoms with Gasteiger partial charge in [-0.1, -0.05) is 30.0 Å². The van der Waals surface area contributed by atoms with Crippen LogP contribution in [0, 0.1) is 6.92 Å². The summed E-state index contributed by atoms with van der Waals surface area (Å²) in [5.74, 6) is 1.52. The van der Waals surface area contributed by atoms with Crippen molar-refractivity contribution in [1.29, 1.82) is 0 Å². The van der Waals surface area contributed by atoms with E-state index in [1.54, 1.807) is 39.5 Å². The quantitative estimate of drug-likeness (QED) is 0.325. The van der Waals surface area contributed by atoms with Crippen molar-refractivity contribution >= 4 is 34.1 Å². The lowest BCUT2D eigenvalue weighted by Crippen LogP contribution is -2.25. The van der Waals surface area contributed by atoms with Crippen molar-refractivity contribution in [2.75, 3.05) is 7.11 Å². The van der Waals surface area contributed by atoms with Crippen molar-refractivity contribution in [3.05, 3.63) is 68.3 Å². The van der Waals surface area contributed by atoms with E-state index in [0.29, 0.717) is 35.0 Å². The number of hydrogen-bond donors (Lipinski definition) is 0. The van der Waals surface area contributed by atoms with Gasteiger partial charge in [-0.05, 0) is 43.0 Å². The van der Waals surface area contributed by atoms with E-state index >= 15 is 0 Å². The summed E-state index contributed by atoms with van der Waals surface area (Å²) in [5.41, 5.74) is 3.12. The zero-order valence-corrected chi connectivity index (χ0v) is 18.2. The number of nitrogens with zero attached hydrogens (tertiary/aromatic N) is 4. The minimum Gasteiger partial charge on any atom is -0.497 e. The Morgan fingerprint density at radius 2 is 2.10 bits per heavy atom. The van der Waals surface area contributed by atoms with Gasteiger partial charge in [0.15, 0.2) is 10.7 Å². The summed E-state index contributed by atoms with van der Waals surface area (Å²) in [6, 6.07) is 12.0. The molecule has 4 aromatic rings. The maximum Gasteiger partial charge on any atom is 0.280 e. The summed E-state index contributed by atoms with van der Waals surface area (Å²) in [5, 5.41) is 7.24. The highest BCUT2D eigenvalue weighted by Crippen LogP contribution is 2.26. The Hall–Kier alpha value is -2.58. The smallest absolute Gasteiger partial charge is 0.280 e. The lowest BCUT2D eigenvalue weighted by Gasteiger charge is -2.12. The van der Waals surface area contributed by atoms with Gasteiger partial charge < -0.3 is 4.74 Å². The standard InChI is InChI=1S/C21H22N4O2S2/c1-4-25-19-18(14(2)23-25)22-21(24(20(19)26)12-17-9-6-10-28-17)29-13-15-7-5-8-16(11-15)27-3/h5-11H,4,12-13H2,1-3H3. The molecule has 0 aliphatic heterocycles.